The quantitative estimate of drug-likeness (QED) is 0.369. The highest BCUT2D eigenvalue weighted by atomic mass is 14.0. The molecule has 0 unspecified atom stereocenters. The highest BCUT2D eigenvalue weighted by Gasteiger charge is 1.91. The van der Waals surface area contributed by atoms with Gasteiger partial charge in [-0.3, -0.25) is 0 Å². The molecule has 0 saturated carbocycles. The summed E-state index contributed by atoms with van der Waals surface area (Å²) in [6.07, 6.45) is 13.6. The molecule has 0 aliphatic heterocycles. The van der Waals surface area contributed by atoms with E-state index in [0.717, 1.165) is 0 Å². The second-order valence-electron chi connectivity index (χ2n) is 3.68. The van der Waals surface area contributed by atoms with Crippen LogP contribution in [-0.2, 0) is 0 Å². The average molecular weight is 180 g/mol. The van der Waals surface area contributed by atoms with Crippen LogP contribution < -0.4 is 0 Å². The molecule has 0 nitrogen and oxygen atoms in total. The number of rotatable bonds is 8. The first-order valence-electron chi connectivity index (χ1n) is 5.61. The van der Waals surface area contributed by atoms with Gasteiger partial charge in [-0.15, -0.1) is 0 Å². The molecule has 76 valence electrons. The summed E-state index contributed by atoms with van der Waals surface area (Å²) in [4.78, 5) is 0. The second kappa shape index (κ2) is 9.57. The van der Waals surface area contributed by atoms with Crippen LogP contribution in [0.25, 0.3) is 0 Å². The number of hydrogen-bond donors (Lipinski definition) is 0. The largest absolute Gasteiger partial charge is 0.0958 e. The first kappa shape index (κ1) is 12.5. The molecule has 0 bridgehead atoms. The fraction of sp³-hybridized carbons (Fsp3) is 0.692. The summed E-state index contributed by atoms with van der Waals surface area (Å²) in [6.45, 7) is 8.30. The van der Waals surface area contributed by atoms with Crippen LogP contribution >= 0.6 is 0 Å². The van der Waals surface area contributed by atoms with E-state index in [2.05, 4.69) is 25.7 Å². The first-order valence-corrected chi connectivity index (χ1v) is 5.61. The maximum absolute atomic E-state index is 3.99. The minimum Gasteiger partial charge on any atom is -0.0958 e. The van der Waals surface area contributed by atoms with Crippen molar-refractivity contribution in [1.82, 2.24) is 0 Å². The van der Waals surface area contributed by atoms with E-state index in [1.807, 2.05) is 6.92 Å². The lowest BCUT2D eigenvalue weighted by molar-refractivity contribution is 0.608. The van der Waals surface area contributed by atoms with Crippen molar-refractivity contribution in [3.8, 4) is 0 Å². The Hall–Kier alpha value is -0.520. The van der Waals surface area contributed by atoms with Gasteiger partial charge in [0.05, 0.1) is 0 Å². The molecule has 0 aromatic heterocycles. The third kappa shape index (κ3) is 9.39. The number of hydrogen-bond acceptors (Lipinski definition) is 0. The summed E-state index contributed by atoms with van der Waals surface area (Å²) in [5, 5.41) is 0. The smallest absolute Gasteiger partial charge is 0.0285 e. The Balaban J connectivity index is 3.11. The van der Waals surface area contributed by atoms with E-state index >= 15 is 0 Å². The van der Waals surface area contributed by atoms with Gasteiger partial charge in [0.2, 0.25) is 0 Å². The molecule has 0 rings (SSSR count). The zero-order chi connectivity index (χ0) is 9.94. The minimum atomic E-state index is 1.18. The SMILES string of the molecule is C=C(C=CC)CCCCCCCC. The summed E-state index contributed by atoms with van der Waals surface area (Å²) >= 11 is 0. The monoisotopic (exact) mass is 180 g/mol. The van der Waals surface area contributed by atoms with Crippen molar-refractivity contribution in [2.24, 2.45) is 0 Å². The summed E-state index contributed by atoms with van der Waals surface area (Å²) in [7, 11) is 0. The zero-order valence-electron chi connectivity index (χ0n) is 9.31. The highest BCUT2D eigenvalue weighted by molar-refractivity contribution is 5.12. The molecule has 0 N–H and O–H groups in total. The Bertz CT molecular complexity index is 142. The zero-order valence-corrected chi connectivity index (χ0v) is 9.31. The first-order chi connectivity index (χ1) is 6.31. The molecule has 0 aromatic carbocycles. The second-order valence-corrected chi connectivity index (χ2v) is 3.68. The van der Waals surface area contributed by atoms with Crippen molar-refractivity contribution < 1.29 is 0 Å². The molecule has 0 amide bonds. The van der Waals surface area contributed by atoms with Gasteiger partial charge in [-0.2, -0.15) is 0 Å². The van der Waals surface area contributed by atoms with Crippen LogP contribution in [0, 0.1) is 0 Å². The summed E-state index contributed by atoms with van der Waals surface area (Å²) in [5.41, 5.74) is 1.28. The van der Waals surface area contributed by atoms with Crippen molar-refractivity contribution in [2.75, 3.05) is 0 Å². The topological polar surface area (TPSA) is 0 Å². The van der Waals surface area contributed by atoms with Crippen molar-refractivity contribution in [3.05, 3.63) is 24.3 Å². The Morgan fingerprint density at radius 1 is 1.08 bits per heavy atom. The van der Waals surface area contributed by atoms with Crippen molar-refractivity contribution >= 4 is 0 Å². The standard InChI is InChI=1S/C13H24/c1-4-6-7-8-9-10-12-13(3)11-5-2/h5,11H,3-4,6-10,12H2,1-2H3. The van der Waals surface area contributed by atoms with Gasteiger partial charge in [0.25, 0.3) is 0 Å². The molecular formula is C13H24. The molecule has 13 heavy (non-hydrogen) atoms. The van der Waals surface area contributed by atoms with E-state index in [1.165, 1.54) is 50.5 Å². The van der Waals surface area contributed by atoms with E-state index in [9.17, 15) is 0 Å². The molecule has 0 heteroatoms. The van der Waals surface area contributed by atoms with E-state index < -0.39 is 0 Å². The fourth-order valence-electron chi connectivity index (χ4n) is 1.45. The molecule has 0 aromatic rings. The predicted molar refractivity (Wildman–Crippen MR) is 61.9 cm³/mol. The van der Waals surface area contributed by atoms with Crippen LogP contribution in [0.15, 0.2) is 24.3 Å². The van der Waals surface area contributed by atoms with Crippen LogP contribution in [0.1, 0.15) is 58.8 Å². The Kier molecular flexibility index (Phi) is 9.18. The lowest BCUT2D eigenvalue weighted by Gasteiger charge is -2.00. The van der Waals surface area contributed by atoms with Crippen LogP contribution in [0.3, 0.4) is 0 Å². The molecule has 0 aliphatic carbocycles. The molecular weight excluding hydrogens is 156 g/mol. The van der Waals surface area contributed by atoms with Crippen LogP contribution in [0.4, 0.5) is 0 Å². The molecule has 0 fully saturated rings. The van der Waals surface area contributed by atoms with Crippen LogP contribution in [0.5, 0.6) is 0 Å². The number of allylic oxidation sites excluding steroid dienone is 3. The van der Waals surface area contributed by atoms with E-state index in [0.29, 0.717) is 0 Å². The number of unbranched alkanes of at least 4 members (excludes halogenated alkanes) is 5. The third-order valence-electron chi connectivity index (χ3n) is 2.25. The van der Waals surface area contributed by atoms with E-state index in [4.69, 9.17) is 0 Å². The minimum absolute atomic E-state index is 1.18. The van der Waals surface area contributed by atoms with Crippen molar-refractivity contribution in [2.45, 2.75) is 58.8 Å². The van der Waals surface area contributed by atoms with Gasteiger partial charge in [0.15, 0.2) is 0 Å². The lowest BCUT2D eigenvalue weighted by atomic mass is 10.1. The lowest BCUT2D eigenvalue weighted by Crippen LogP contribution is -1.80. The van der Waals surface area contributed by atoms with E-state index in [-0.39, 0.29) is 0 Å². The van der Waals surface area contributed by atoms with Gasteiger partial charge in [-0.1, -0.05) is 63.3 Å². The van der Waals surface area contributed by atoms with Gasteiger partial charge >= 0.3 is 0 Å². The Morgan fingerprint density at radius 3 is 2.31 bits per heavy atom. The van der Waals surface area contributed by atoms with Gasteiger partial charge in [-0.05, 0) is 19.8 Å². The predicted octanol–water partition coefficient (Wildman–Crippen LogP) is 4.87. The average Bonchev–Trinajstić information content (AvgIpc) is 2.11. The van der Waals surface area contributed by atoms with Crippen LogP contribution in [0.2, 0.25) is 0 Å². The van der Waals surface area contributed by atoms with Crippen molar-refractivity contribution in [1.29, 1.82) is 0 Å². The maximum Gasteiger partial charge on any atom is -0.0285 e. The molecule has 0 heterocycles. The summed E-state index contributed by atoms with van der Waals surface area (Å²) in [6, 6.07) is 0. The Labute approximate surface area is 83.7 Å². The van der Waals surface area contributed by atoms with E-state index in [1.54, 1.807) is 0 Å². The third-order valence-corrected chi connectivity index (χ3v) is 2.25. The fourth-order valence-corrected chi connectivity index (χ4v) is 1.45. The van der Waals surface area contributed by atoms with Gasteiger partial charge in [0.1, 0.15) is 0 Å². The molecule has 0 saturated heterocycles. The molecule has 0 aliphatic rings. The summed E-state index contributed by atoms with van der Waals surface area (Å²) < 4.78 is 0. The van der Waals surface area contributed by atoms with Crippen molar-refractivity contribution in [3.63, 3.8) is 0 Å². The highest BCUT2D eigenvalue weighted by Crippen LogP contribution is 2.11. The van der Waals surface area contributed by atoms with Crippen LogP contribution in [-0.4, -0.2) is 0 Å². The van der Waals surface area contributed by atoms with Gasteiger partial charge < -0.3 is 0 Å². The normalized spacial score (nSPS) is 10.9. The maximum atomic E-state index is 3.99. The molecule has 0 spiro atoms. The van der Waals surface area contributed by atoms with Gasteiger partial charge in [-0.25, -0.2) is 0 Å². The Morgan fingerprint density at radius 2 is 1.69 bits per heavy atom. The molecule has 0 radical (unpaired) electrons. The summed E-state index contributed by atoms with van der Waals surface area (Å²) in [5.74, 6) is 0. The van der Waals surface area contributed by atoms with Gasteiger partial charge in [0, 0.05) is 0 Å². The molecule has 0 atom stereocenters.